The van der Waals surface area contributed by atoms with Crippen molar-refractivity contribution in [2.75, 3.05) is 31.1 Å². The Morgan fingerprint density at radius 1 is 1.07 bits per heavy atom. The average Bonchev–Trinajstić information content (AvgIpc) is 3.70. The van der Waals surface area contributed by atoms with Gasteiger partial charge in [0.25, 0.3) is 5.91 Å². The van der Waals surface area contributed by atoms with Crippen molar-refractivity contribution in [1.29, 1.82) is 0 Å². The number of para-hydroxylation sites is 2. The molecule has 9 nitrogen and oxygen atoms in total. The molecule has 0 spiro atoms. The number of nitrogens with zero attached hydrogens (tertiary/aromatic N) is 3. The van der Waals surface area contributed by atoms with Crippen molar-refractivity contribution in [3.63, 3.8) is 0 Å². The number of ether oxygens (including phenoxy) is 1. The first-order valence-electron chi connectivity index (χ1n) is 12.0. The number of hydrogen-bond donors (Lipinski definition) is 1. The number of rotatable bonds is 6. The van der Waals surface area contributed by atoms with Gasteiger partial charge in [-0.05, 0) is 24.8 Å². The molecule has 2 aliphatic rings. The molecule has 0 saturated heterocycles. The maximum Gasteiger partial charge on any atom is 0.547 e. The lowest BCUT2D eigenvalue weighted by Crippen LogP contribution is -2.71. The van der Waals surface area contributed by atoms with E-state index in [0.29, 0.717) is 12.8 Å². The van der Waals surface area contributed by atoms with E-state index in [2.05, 4.69) is 0 Å². The molecule has 0 aromatic heterocycles. The summed E-state index contributed by atoms with van der Waals surface area (Å²) in [6, 6.07) is 2.58. The second kappa shape index (κ2) is 11.2. The summed E-state index contributed by atoms with van der Waals surface area (Å²) in [5.74, 6) is -7.96. The van der Waals surface area contributed by atoms with Crippen molar-refractivity contribution in [3.8, 4) is 0 Å². The van der Waals surface area contributed by atoms with E-state index < -0.39 is 90.7 Å². The number of alkyl halides is 8. The molecule has 1 unspecified atom stereocenters. The molecular formula is C23H25F8N4O5+. The summed E-state index contributed by atoms with van der Waals surface area (Å²) in [5, 5.41) is 1.32. The topological polar surface area (TPSA) is 96.0 Å². The fraction of sp³-hybridized carbons (Fsp3) is 0.565. The number of anilines is 1. The summed E-state index contributed by atoms with van der Waals surface area (Å²) in [7, 11) is 0. The zero-order chi connectivity index (χ0) is 30.1. The standard InChI is InChI=1S/C23H24F8N4O5/c1-2-17(36)34(19(38)32-12-21(24,25)23(29,30)31)35(20(39)40-11-14-7-8-14)10-9-18(37)33(13-22(26,27)28)15-5-3-4-6-16(15)35/h3-6,14H,2,7-13H2,1H3/p+1. The van der Waals surface area contributed by atoms with Crippen molar-refractivity contribution in [2.45, 2.75) is 50.9 Å². The zero-order valence-electron chi connectivity index (χ0n) is 21.0. The molecule has 40 heavy (non-hydrogen) atoms. The SMILES string of the molecule is CCC(=O)N(C(=O)NCC(F)(F)C(F)(F)F)[N+]1(C(=O)OCC2CC2)CCC(=O)N(CC(F)(F)F)c2ccccc21. The largest absolute Gasteiger partial charge is 0.547 e. The summed E-state index contributed by atoms with van der Waals surface area (Å²) < 4.78 is 109. The van der Waals surface area contributed by atoms with Gasteiger partial charge in [-0.15, -0.1) is 0 Å². The number of nitrogens with one attached hydrogen (secondary N) is 1. The highest BCUT2D eigenvalue weighted by Gasteiger charge is 2.60. The molecule has 17 heteroatoms. The number of carbonyl (C=O) groups excluding carboxylic acids is 4. The fourth-order valence-corrected chi connectivity index (χ4v) is 4.03. The summed E-state index contributed by atoms with van der Waals surface area (Å²) in [6.45, 7) is -4.07. The Hall–Kier alpha value is -3.50. The number of halogens is 8. The minimum absolute atomic E-state index is 0.0187. The molecule has 0 radical (unpaired) electrons. The van der Waals surface area contributed by atoms with Crippen LogP contribution in [-0.2, 0) is 14.3 Å². The van der Waals surface area contributed by atoms with Crippen molar-refractivity contribution in [2.24, 2.45) is 5.92 Å². The van der Waals surface area contributed by atoms with Gasteiger partial charge in [0, 0.05) is 12.5 Å². The van der Waals surface area contributed by atoms with Crippen LogP contribution >= 0.6 is 0 Å². The maximum atomic E-state index is 13.7. The first-order chi connectivity index (χ1) is 18.4. The van der Waals surface area contributed by atoms with E-state index in [1.165, 1.54) is 24.4 Å². The first-order valence-corrected chi connectivity index (χ1v) is 12.0. The number of amides is 5. The molecule has 1 aliphatic carbocycles. The molecule has 5 amide bonds. The van der Waals surface area contributed by atoms with Crippen LogP contribution in [0.15, 0.2) is 24.3 Å². The molecule has 1 atom stereocenters. The van der Waals surface area contributed by atoms with Crippen LogP contribution in [-0.4, -0.2) is 73.5 Å². The molecule has 1 aromatic carbocycles. The van der Waals surface area contributed by atoms with Crippen molar-refractivity contribution >= 4 is 35.3 Å². The minimum Gasteiger partial charge on any atom is -0.418 e. The minimum atomic E-state index is -6.07. The van der Waals surface area contributed by atoms with Gasteiger partial charge in [0.2, 0.25) is 5.91 Å². The van der Waals surface area contributed by atoms with Crippen LogP contribution in [0.4, 0.5) is 56.1 Å². The van der Waals surface area contributed by atoms with Gasteiger partial charge >= 0.3 is 30.4 Å². The number of benzene rings is 1. The molecule has 1 heterocycles. The molecule has 3 rings (SSSR count). The third-order valence-corrected chi connectivity index (χ3v) is 6.25. The number of hydrogen-bond acceptors (Lipinski definition) is 5. The van der Waals surface area contributed by atoms with Crippen molar-refractivity contribution in [3.05, 3.63) is 24.3 Å². The van der Waals surface area contributed by atoms with Crippen LogP contribution in [0.5, 0.6) is 0 Å². The maximum absolute atomic E-state index is 13.7. The first kappa shape index (κ1) is 31.0. The molecule has 0 bridgehead atoms. The summed E-state index contributed by atoms with van der Waals surface area (Å²) >= 11 is 0. The smallest absolute Gasteiger partial charge is 0.418 e. The van der Waals surface area contributed by atoms with E-state index in [4.69, 9.17) is 4.74 Å². The molecular weight excluding hydrogens is 564 g/mol. The number of urea groups is 1. The van der Waals surface area contributed by atoms with Crippen LogP contribution in [0.1, 0.15) is 32.6 Å². The predicted molar refractivity (Wildman–Crippen MR) is 122 cm³/mol. The molecule has 1 aliphatic heterocycles. The van der Waals surface area contributed by atoms with E-state index in [1.807, 2.05) is 0 Å². The third-order valence-electron chi connectivity index (χ3n) is 6.25. The Bertz CT molecular complexity index is 1150. The third kappa shape index (κ3) is 6.45. The van der Waals surface area contributed by atoms with Gasteiger partial charge in [0.15, 0.2) is 5.69 Å². The Kier molecular flexibility index (Phi) is 8.67. The summed E-state index contributed by atoms with van der Waals surface area (Å²) in [5.41, 5.74) is -1.08. The number of fused-ring (bicyclic) bond motifs is 1. The highest BCUT2D eigenvalue weighted by molar-refractivity contribution is 6.05. The van der Waals surface area contributed by atoms with Crippen LogP contribution in [0, 0.1) is 5.92 Å². The lowest BCUT2D eigenvalue weighted by molar-refractivity contribution is -0.278. The second-order valence-corrected chi connectivity index (χ2v) is 9.27. The van der Waals surface area contributed by atoms with Gasteiger partial charge in [-0.3, -0.25) is 14.5 Å². The average molecular weight is 589 g/mol. The van der Waals surface area contributed by atoms with E-state index in [1.54, 1.807) is 0 Å². The number of quaternary nitrogens is 1. The zero-order valence-corrected chi connectivity index (χ0v) is 21.0. The van der Waals surface area contributed by atoms with E-state index in [-0.39, 0.29) is 22.4 Å². The Morgan fingerprint density at radius 3 is 2.25 bits per heavy atom. The van der Waals surface area contributed by atoms with Crippen molar-refractivity contribution in [1.82, 2.24) is 14.9 Å². The second-order valence-electron chi connectivity index (χ2n) is 9.27. The molecule has 222 valence electrons. The fourth-order valence-electron chi connectivity index (χ4n) is 4.03. The Balaban J connectivity index is 2.19. The van der Waals surface area contributed by atoms with Gasteiger partial charge in [-0.25, -0.2) is 4.79 Å². The lowest BCUT2D eigenvalue weighted by atomic mass is 10.2. The quantitative estimate of drug-likeness (QED) is 0.376. The van der Waals surface area contributed by atoms with Gasteiger partial charge in [0.05, 0.1) is 13.0 Å². The molecule has 1 saturated carbocycles. The van der Waals surface area contributed by atoms with Crippen LogP contribution in [0.3, 0.4) is 0 Å². The van der Waals surface area contributed by atoms with Crippen LogP contribution in [0.25, 0.3) is 0 Å². The van der Waals surface area contributed by atoms with Gasteiger partial charge in [0.1, 0.15) is 25.4 Å². The van der Waals surface area contributed by atoms with Crippen molar-refractivity contribution < 1.29 is 59.0 Å². The van der Waals surface area contributed by atoms with E-state index in [0.717, 1.165) is 12.1 Å². The Labute approximate surface area is 222 Å². The number of imide groups is 1. The molecule has 1 fully saturated rings. The van der Waals surface area contributed by atoms with Gasteiger partial charge in [-0.2, -0.15) is 39.9 Å². The Morgan fingerprint density at radius 2 is 1.70 bits per heavy atom. The monoisotopic (exact) mass is 589 g/mol. The van der Waals surface area contributed by atoms with Gasteiger partial charge < -0.3 is 10.1 Å². The van der Waals surface area contributed by atoms with Gasteiger partial charge in [-0.1, -0.05) is 28.7 Å². The molecule has 1 aromatic rings. The highest BCUT2D eigenvalue weighted by atomic mass is 19.4. The summed E-state index contributed by atoms with van der Waals surface area (Å²) in [4.78, 5) is 53.1. The summed E-state index contributed by atoms with van der Waals surface area (Å²) in [6.07, 6.45) is -12.6. The normalized spacial score (nSPS) is 19.9. The highest BCUT2D eigenvalue weighted by Crippen LogP contribution is 2.42. The number of carbonyl (C=O) groups is 4. The predicted octanol–water partition coefficient (Wildman–Crippen LogP) is 4.90. The van der Waals surface area contributed by atoms with E-state index >= 15 is 0 Å². The van der Waals surface area contributed by atoms with Crippen LogP contribution < -0.4 is 14.8 Å². The van der Waals surface area contributed by atoms with E-state index in [9.17, 15) is 54.3 Å². The van der Waals surface area contributed by atoms with Crippen LogP contribution in [0.2, 0.25) is 0 Å². The molecule has 1 N–H and O–H groups in total. The lowest BCUT2D eigenvalue weighted by Gasteiger charge is -2.39.